The molecule has 2 aromatic carbocycles. The first-order valence-electron chi connectivity index (χ1n) is 11.7. The zero-order valence-corrected chi connectivity index (χ0v) is 21.3. The summed E-state index contributed by atoms with van der Waals surface area (Å²) in [6, 6.07) is 14.0. The van der Waals surface area contributed by atoms with E-state index in [1.165, 1.54) is 4.88 Å². The van der Waals surface area contributed by atoms with Crippen LogP contribution < -0.4 is 10.6 Å². The number of amides is 2. The molecule has 1 unspecified atom stereocenters. The number of benzene rings is 2. The van der Waals surface area contributed by atoms with Gasteiger partial charge >= 0.3 is 0 Å². The normalized spacial score (nSPS) is 16.4. The number of hydrogen-bond donors (Lipinski definition) is 2. The van der Waals surface area contributed by atoms with Crippen LogP contribution in [0.2, 0.25) is 0 Å². The summed E-state index contributed by atoms with van der Waals surface area (Å²) in [6.07, 6.45) is 2.86. The van der Waals surface area contributed by atoms with Gasteiger partial charge in [-0.1, -0.05) is 77.9 Å². The fourth-order valence-electron chi connectivity index (χ4n) is 4.46. The maximum Gasteiger partial charge on any atom is 0.258 e. The van der Waals surface area contributed by atoms with Crippen molar-refractivity contribution in [1.82, 2.24) is 0 Å². The summed E-state index contributed by atoms with van der Waals surface area (Å²) < 4.78 is 0. The Balaban J connectivity index is 1.73. The number of carbonyl (C=O) groups excluding carboxylic acids is 2. The molecule has 4 rings (SSSR count). The van der Waals surface area contributed by atoms with E-state index in [2.05, 4.69) is 31.4 Å². The molecule has 33 heavy (non-hydrogen) atoms. The lowest BCUT2D eigenvalue weighted by Gasteiger charge is -2.33. The van der Waals surface area contributed by atoms with Gasteiger partial charge in [-0.2, -0.15) is 0 Å². The zero-order valence-electron chi connectivity index (χ0n) is 20.5. The second kappa shape index (κ2) is 8.60. The lowest BCUT2D eigenvalue weighted by molar-refractivity contribution is -0.123. The summed E-state index contributed by atoms with van der Waals surface area (Å²) in [5.74, 6) is 0.332. The summed E-state index contributed by atoms with van der Waals surface area (Å²) in [7, 11) is 0. The average molecular weight is 463 g/mol. The molecule has 2 N–H and O–H groups in total. The van der Waals surface area contributed by atoms with Crippen LogP contribution in [0.4, 0.5) is 10.7 Å². The largest absolute Gasteiger partial charge is 0.321 e. The van der Waals surface area contributed by atoms with E-state index in [0.29, 0.717) is 16.5 Å². The molecule has 2 amide bonds. The Labute approximate surface area is 200 Å². The van der Waals surface area contributed by atoms with Crippen LogP contribution in [0, 0.1) is 16.7 Å². The highest BCUT2D eigenvalue weighted by atomic mass is 32.1. The van der Waals surface area contributed by atoms with Gasteiger partial charge in [0.1, 0.15) is 5.00 Å². The molecule has 3 aromatic rings. The smallest absolute Gasteiger partial charge is 0.258 e. The Morgan fingerprint density at radius 2 is 1.64 bits per heavy atom. The van der Waals surface area contributed by atoms with E-state index in [9.17, 15) is 9.59 Å². The van der Waals surface area contributed by atoms with Gasteiger partial charge in [0.25, 0.3) is 5.91 Å². The minimum atomic E-state index is -0.540. The Kier molecular flexibility index (Phi) is 6.12. The highest BCUT2D eigenvalue weighted by molar-refractivity contribution is 7.17. The monoisotopic (exact) mass is 462 g/mol. The topological polar surface area (TPSA) is 58.2 Å². The van der Waals surface area contributed by atoms with E-state index in [4.69, 9.17) is 0 Å². The minimum Gasteiger partial charge on any atom is -0.321 e. The van der Waals surface area contributed by atoms with E-state index in [0.717, 1.165) is 41.3 Å². The van der Waals surface area contributed by atoms with Crippen molar-refractivity contribution in [2.45, 2.75) is 60.8 Å². The van der Waals surface area contributed by atoms with Crippen LogP contribution in [0.5, 0.6) is 0 Å². The van der Waals surface area contributed by atoms with E-state index in [1.807, 2.05) is 63.2 Å². The van der Waals surface area contributed by atoms with Gasteiger partial charge in [-0.15, -0.1) is 11.3 Å². The quantitative estimate of drug-likeness (QED) is 0.429. The van der Waals surface area contributed by atoms with Crippen molar-refractivity contribution in [3.05, 3.63) is 58.5 Å². The summed E-state index contributed by atoms with van der Waals surface area (Å²) in [5, 5.41) is 8.99. The van der Waals surface area contributed by atoms with Crippen LogP contribution in [0.3, 0.4) is 0 Å². The van der Waals surface area contributed by atoms with Gasteiger partial charge in [-0.05, 0) is 47.6 Å². The van der Waals surface area contributed by atoms with Crippen molar-refractivity contribution >= 4 is 44.6 Å². The van der Waals surface area contributed by atoms with E-state index in [-0.39, 0.29) is 17.2 Å². The third-order valence-corrected chi connectivity index (χ3v) is 7.83. The number of anilines is 2. The number of carbonyl (C=O) groups is 2. The van der Waals surface area contributed by atoms with Crippen LogP contribution in [0.15, 0.2) is 42.5 Å². The predicted molar refractivity (Wildman–Crippen MR) is 139 cm³/mol. The molecule has 1 aliphatic carbocycles. The summed E-state index contributed by atoms with van der Waals surface area (Å²) in [4.78, 5) is 27.7. The second-order valence-electron chi connectivity index (χ2n) is 11.2. The maximum atomic E-state index is 13.7. The molecule has 174 valence electrons. The SMILES string of the molecule is CC(C)(C)C(=O)Nc1sc2c(c1C(=O)Nc1cccc3ccccc13)CCC(C(C)(C)C)C2. The molecular formula is C28H34N2O2S. The molecular weight excluding hydrogens is 428 g/mol. The van der Waals surface area contributed by atoms with Crippen LogP contribution in [-0.2, 0) is 17.6 Å². The van der Waals surface area contributed by atoms with E-state index in [1.54, 1.807) is 11.3 Å². The number of fused-ring (bicyclic) bond motifs is 2. The molecule has 4 nitrogen and oxygen atoms in total. The van der Waals surface area contributed by atoms with Gasteiger partial charge < -0.3 is 10.6 Å². The summed E-state index contributed by atoms with van der Waals surface area (Å²) in [5.41, 5.74) is 2.19. The summed E-state index contributed by atoms with van der Waals surface area (Å²) >= 11 is 1.58. The Bertz CT molecular complexity index is 1210. The number of thiophene rings is 1. The van der Waals surface area contributed by atoms with Gasteiger partial charge in [0, 0.05) is 21.4 Å². The number of hydrogen-bond acceptors (Lipinski definition) is 3. The first-order valence-corrected chi connectivity index (χ1v) is 12.5. The minimum absolute atomic E-state index is 0.0762. The average Bonchev–Trinajstić information content (AvgIpc) is 3.10. The molecule has 1 heterocycles. The zero-order chi connectivity index (χ0) is 24.0. The van der Waals surface area contributed by atoms with Gasteiger partial charge in [0.05, 0.1) is 5.56 Å². The maximum absolute atomic E-state index is 13.7. The molecule has 1 atom stereocenters. The lowest BCUT2D eigenvalue weighted by Crippen LogP contribution is -2.29. The fourth-order valence-corrected chi connectivity index (χ4v) is 5.78. The van der Waals surface area contributed by atoms with E-state index < -0.39 is 5.41 Å². The second-order valence-corrected chi connectivity index (χ2v) is 12.3. The number of nitrogens with one attached hydrogen (secondary N) is 2. The highest BCUT2D eigenvalue weighted by Gasteiger charge is 2.35. The van der Waals surface area contributed by atoms with Crippen molar-refractivity contribution in [3.63, 3.8) is 0 Å². The molecule has 0 spiro atoms. The molecule has 0 saturated carbocycles. The van der Waals surface area contributed by atoms with Gasteiger partial charge in [0.15, 0.2) is 0 Å². The third-order valence-electron chi connectivity index (χ3n) is 6.66. The fraction of sp³-hybridized carbons (Fsp3) is 0.429. The van der Waals surface area contributed by atoms with Crippen LogP contribution in [0.1, 0.15) is 68.8 Å². The lowest BCUT2D eigenvalue weighted by atomic mass is 9.72. The van der Waals surface area contributed by atoms with Crippen LogP contribution in [-0.4, -0.2) is 11.8 Å². The first-order chi connectivity index (χ1) is 15.4. The van der Waals surface area contributed by atoms with Crippen molar-refractivity contribution in [2.24, 2.45) is 16.7 Å². The third kappa shape index (κ3) is 4.84. The van der Waals surface area contributed by atoms with E-state index >= 15 is 0 Å². The Morgan fingerprint density at radius 3 is 2.33 bits per heavy atom. The van der Waals surface area contributed by atoms with Crippen molar-refractivity contribution in [1.29, 1.82) is 0 Å². The van der Waals surface area contributed by atoms with Crippen molar-refractivity contribution in [3.8, 4) is 0 Å². The standard InChI is InChI=1S/C28H34N2O2S/c1-27(2,3)18-14-15-20-22(16-18)33-25(30-26(32)28(4,5)6)23(20)24(31)29-21-13-9-11-17-10-7-8-12-19(17)21/h7-13,18H,14-16H2,1-6H3,(H,29,31)(H,30,32). The molecule has 1 aliphatic rings. The van der Waals surface area contributed by atoms with Gasteiger partial charge in [-0.25, -0.2) is 0 Å². The Hall–Kier alpha value is -2.66. The molecule has 0 radical (unpaired) electrons. The predicted octanol–water partition coefficient (Wildman–Crippen LogP) is 7.29. The van der Waals surface area contributed by atoms with Crippen molar-refractivity contribution < 1.29 is 9.59 Å². The molecule has 0 bridgehead atoms. The highest BCUT2D eigenvalue weighted by Crippen LogP contribution is 2.45. The van der Waals surface area contributed by atoms with Gasteiger partial charge in [-0.3, -0.25) is 9.59 Å². The number of rotatable bonds is 3. The molecule has 0 aliphatic heterocycles. The molecule has 5 heteroatoms. The first kappa shape index (κ1) is 23.5. The van der Waals surface area contributed by atoms with Crippen molar-refractivity contribution in [2.75, 3.05) is 10.6 Å². The molecule has 0 fully saturated rings. The molecule has 1 aromatic heterocycles. The van der Waals surface area contributed by atoms with Crippen LogP contribution in [0.25, 0.3) is 10.8 Å². The summed E-state index contributed by atoms with van der Waals surface area (Å²) in [6.45, 7) is 12.5. The Morgan fingerprint density at radius 1 is 0.939 bits per heavy atom. The van der Waals surface area contributed by atoms with Gasteiger partial charge in [0.2, 0.25) is 5.91 Å². The van der Waals surface area contributed by atoms with Crippen LogP contribution >= 0.6 is 11.3 Å². The molecule has 0 saturated heterocycles.